The van der Waals surface area contributed by atoms with Crippen LogP contribution in [-0.2, 0) is 19.4 Å². The van der Waals surface area contributed by atoms with Crippen molar-refractivity contribution < 1.29 is 14.3 Å². The minimum absolute atomic E-state index is 0.0329. The summed E-state index contributed by atoms with van der Waals surface area (Å²) in [6.07, 6.45) is 1.56. The van der Waals surface area contributed by atoms with Gasteiger partial charge >= 0.3 is 0 Å². The summed E-state index contributed by atoms with van der Waals surface area (Å²) >= 11 is 0. The Morgan fingerprint density at radius 1 is 1.32 bits per heavy atom. The van der Waals surface area contributed by atoms with Crippen molar-refractivity contribution in [3.8, 4) is 11.5 Å². The molecule has 0 spiro atoms. The molecule has 1 aliphatic heterocycles. The fraction of sp³-hybridized carbons (Fsp3) is 0.444. The van der Waals surface area contributed by atoms with Gasteiger partial charge in [-0.05, 0) is 31.0 Å². The maximum Gasteiger partial charge on any atom is 0.272 e. The fourth-order valence-corrected chi connectivity index (χ4v) is 3.12. The van der Waals surface area contributed by atoms with Crippen LogP contribution >= 0.6 is 0 Å². The molecule has 0 saturated heterocycles. The van der Waals surface area contributed by atoms with Gasteiger partial charge in [0.25, 0.3) is 5.91 Å². The minimum Gasteiger partial charge on any atom is -0.493 e. The van der Waals surface area contributed by atoms with E-state index < -0.39 is 0 Å². The molecule has 7 nitrogen and oxygen atoms in total. The third kappa shape index (κ3) is 3.76. The molecule has 1 amide bonds. The molecule has 1 aromatic heterocycles. The van der Waals surface area contributed by atoms with Crippen molar-refractivity contribution >= 4 is 5.91 Å². The van der Waals surface area contributed by atoms with Crippen molar-refractivity contribution in [3.63, 3.8) is 0 Å². The molecule has 3 N–H and O–H groups in total. The number of rotatable bonds is 6. The molecule has 0 fully saturated rings. The van der Waals surface area contributed by atoms with E-state index in [0.29, 0.717) is 30.2 Å². The number of carbonyl (C=O) groups excluding carboxylic acids is 1. The number of fused-ring (bicyclic) bond motifs is 1. The quantitative estimate of drug-likeness (QED) is 0.738. The number of nitrogens with one attached hydrogen (secondary N) is 3. The van der Waals surface area contributed by atoms with E-state index in [-0.39, 0.29) is 11.9 Å². The molecule has 0 bridgehead atoms. The van der Waals surface area contributed by atoms with Gasteiger partial charge in [0, 0.05) is 36.8 Å². The van der Waals surface area contributed by atoms with Crippen LogP contribution in [0.3, 0.4) is 0 Å². The van der Waals surface area contributed by atoms with Gasteiger partial charge in [-0.1, -0.05) is 6.07 Å². The van der Waals surface area contributed by atoms with Crippen molar-refractivity contribution in [1.82, 2.24) is 20.8 Å². The summed E-state index contributed by atoms with van der Waals surface area (Å²) in [7, 11) is 3.22. The average Bonchev–Trinajstić information content (AvgIpc) is 3.05. The molecule has 0 saturated carbocycles. The summed E-state index contributed by atoms with van der Waals surface area (Å²) in [5.74, 6) is 1.23. The van der Waals surface area contributed by atoms with Crippen molar-refractivity contribution in [2.24, 2.45) is 0 Å². The van der Waals surface area contributed by atoms with Crippen LogP contribution in [-0.4, -0.2) is 42.9 Å². The van der Waals surface area contributed by atoms with Gasteiger partial charge in [-0.2, -0.15) is 5.10 Å². The molecular weight excluding hydrogens is 320 g/mol. The first-order valence-electron chi connectivity index (χ1n) is 8.41. The number of carbonyl (C=O) groups is 1. The third-order valence-corrected chi connectivity index (χ3v) is 4.39. The highest BCUT2D eigenvalue weighted by Gasteiger charge is 2.22. The lowest BCUT2D eigenvalue weighted by atomic mass is 10.0. The second-order valence-corrected chi connectivity index (χ2v) is 6.22. The highest BCUT2D eigenvalue weighted by molar-refractivity contribution is 5.94. The Morgan fingerprint density at radius 3 is 2.88 bits per heavy atom. The van der Waals surface area contributed by atoms with Crippen LogP contribution in [0.15, 0.2) is 18.2 Å². The second-order valence-electron chi connectivity index (χ2n) is 6.22. The van der Waals surface area contributed by atoms with E-state index in [2.05, 4.69) is 20.8 Å². The molecule has 1 atom stereocenters. The van der Waals surface area contributed by atoms with E-state index >= 15 is 0 Å². The standard InChI is InChI=1S/C18H24N4O3/c1-11(8-12-4-5-15(24-2)16(9-12)25-3)20-18(23)17-13-10-19-7-6-14(13)21-22-17/h4-5,9,11,19H,6-8,10H2,1-3H3,(H,20,23)(H,21,22). The Labute approximate surface area is 147 Å². The molecule has 0 aliphatic carbocycles. The van der Waals surface area contributed by atoms with Crippen molar-refractivity contribution in [1.29, 1.82) is 0 Å². The molecule has 1 aromatic carbocycles. The van der Waals surface area contributed by atoms with Crippen LogP contribution in [0.5, 0.6) is 11.5 Å². The summed E-state index contributed by atoms with van der Waals surface area (Å²) in [6.45, 7) is 3.57. The van der Waals surface area contributed by atoms with Crippen molar-refractivity contribution in [2.45, 2.75) is 32.4 Å². The lowest BCUT2D eigenvalue weighted by Gasteiger charge is -2.16. The van der Waals surface area contributed by atoms with Gasteiger partial charge in [0.05, 0.1) is 14.2 Å². The van der Waals surface area contributed by atoms with Crippen LogP contribution in [0.25, 0.3) is 0 Å². The molecule has 0 radical (unpaired) electrons. The number of amides is 1. The number of H-pyrrole nitrogens is 1. The van der Waals surface area contributed by atoms with Crippen LogP contribution in [0.4, 0.5) is 0 Å². The molecule has 1 aliphatic rings. The topological polar surface area (TPSA) is 88.3 Å². The molecule has 7 heteroatoms. The normalized spacial score (nSPS) is 14.5. The Balaban J connectivity index is 1.65. The van der Waals surface area contributed by atoms with E-state index in [9.17, 15) is 4.79 Å². The summed E-state index contributed by atoms with van der Waals surface area (Å²) < 4.78 is 10.6. The summed E-state index contributed by atoms with van der Waals surface area (Å²) in [5.41, 5.74) is 3.58. The van der Waals surface area contributed by atoms with Crippen molar-refractivity contribution in [2.75, 3.05) is 20.8 Å². The Morgan fingerprint density at radius 2 is 2.12 bits per heavy atom. The van der Waals surface area contributed by atoms with E-state index in [1.807, 2.05) is 25.1 Å². The fourth-order valence-electron chi connectivity index (χ4n) is 3.12. The molecule has 2 aromatic rings. The highest BCUT2D eigenvalue weighted by Crippen LogP contribution is 2.28. The summed E-state index contributed by atoms with van der Waals surface area (Å²) in [5, 5.41) is 13.5. The number of aromatic nitrogens is 2. The van der Waals surface area contributed by atoms with E-state index in [1.54, 1.807) is 14.2 Å². The zero-order valence-corrected chi connectivity index (χ0v) is 14.8. The minimum atomic E-state index is -0.144. The van der Waals surface area contributed by atoms with Gasteiger partial charge in [0.1, 0.15) is 0 Å². The van der Waals surface area contributed by atoms with Gasteiger partial charge in [0.15, 0.2) is 17.2 Å². The number of methoxy groups -OCH3 is 2. The maximum atomic E-state index is 12.5. The number of nitrogens with zero attached hydrogens (tertiary/aromatic N) is 1. The lowest BCUT2D eigenvalue weighted by Crippen LogP contribution is -2.35. The Bertz CT molecular complexity index is 757. The van der Waals surface area contributed by atoms with E-state index in [0.717, 1.165) is 29.8 Å². The van der Waals surface area contributed by atoms with Gasteiger partial charge in [-0.25, -0.2) is 0 Å². The number of benzene rings is 1. The number of hydrogen-bond acceptors (Lipinski definition) is 5. The van der Waals surface area contributed by atoms with Crippen LogP contribution < -0.4 is 20.1 Å². The van der Waals surface area contributed by atoms with Gasteiger partial charge in [-0.3, -0.25) is 9.89 Å². The van der Waals surface area contributed by atoms with Crippen molar-refractivity contribution in [3.05, 3.63) is 40.7 Å². The predicted octanol–water partition coefficient (Wildman–Crippen LogP) is 1.43. The van der Waals surface area contributed by atoms with E-state index in [4.69, 9.17) is 9.47 Å². The van der Waals surface area contributed by atoms with Gasteiger partial charge in [0.2, 0.25) is 0 Å². The lowest BCUT2D eigenvalue weighted by molar-refractivity contribution is 0.0934. The third-order valence-electron chi connectivity index (χ3n) is 4.39. The monoisotopic (exact) mass is 344 g/mol. The number of aromatic amines is 1. The second kappa shape index (κ2) is 7.57. The molecule has 3 rings (SSSR count). The van der Waals surface area contributed by atoms with Gasteiger partial charge in [-0.15, -0.1) is 0 Å². The first-order chi connectivity index (χ1) is 12.1. The maximum absolute atomic E-state index is 12.5. The molecule has 134 valence electrons. The summed E-state index contributed by atoms with van der Waals surface area (Å²) in [4.78, 5) is 12.5. The van der Waals surface area contributed by atoms with Gasteiger partial charge < -0.3 is 20.1 Å². The first-order valence-corrected chi connectivity index (χ1v) is 8.41. The van der Waals surface area contributed by atoms with Crippen LogP contribution in [0, 0.1) is 0 Å². The average molecular weight is 344 g/mol. The Kier molecular flexibility index (Phi) is 5.23. The zero-order chi connectivity index (χ0) is 17.8. The first kappa shape index (κ1) is 17.3. The zero-order valence-electron chi connectivity index (χ0n) is 14.8. The summed E-state index contributed by atoms with van der Waals surface area (Å²) in [6, 6.07) is 5.75. The SMILES string of the molecule is COc1ccc(CC(C)NC(=O)c2n[nH]c3c2CNCC3)cc1OC. The van der Waals surface area contributed by atoms with E-state index in [1.165, 1.54) is 0 Å². The van der Waals surface area contributed by atoms with Crippen LogP contribution in [0.2, 0.25) is 0 Å². The molecule has 2 heterocycles. The molecule has 1 unspecified atom stereocenters. The highest BCUT2D eigenvalue weighted by atomic mass is 16.5. The Hall–Kier alpha value is -2.54. The largest absolute Gasteiger partial charge is 0.493 e. The smallest absolute Gasteiger partial charge is 0.272 e. The number of ether oxygens (including phenoxy) is 2. The molecule has 25 heavy (non-hydrogen) atoms. The van der Waals surface area contributed by atoms with Crippen LogP contribution in [0.1, 0.15) is 34.2 Å². The molecular formula is C18H24N4O3. The number of hydrogen-bond donors (Lipinski definition) is 3. The predicted molar refractivity (Wildman–Crippen MR) is 94.2 cm³/mol.